The Bertz CT molecular complexity index is 300. The van der Waals surface area contributed by atoms with Gasteiger partial charge in [0, 0.05) is 11.1 Å². The monoisotopic (exact) mass is 255 g/mol. The standard InChI is InChI=1S/C14H22ClNO/c1-3-4-5-6-13(16-2)11-17-14-9-7-12(15)8-10-14/h7-10,13,16H,3-6,11H2,1-2H3. The van der Waals surface area contributed by atoms with Gasteiger partial charge in [0.15, 0.2) is 0 Å². The minimum absolute atomic E-state index is 0.428. The molecule has 0 spiro atoms. The fraction of sp³-hybridized carbons (Fsp3) is 0.571. The van der Waals surface area contributed by atoms with Crippen molar-refractivity contribution >= 4 is 11.6 Å². The summed E-state index contributed by atoms with van der Waals surface area (Å²) >= 11 is 5.82. The first-order chi connectivity index (χ1) is 8.26. The van der Waals surface area contributed by atoms with E-state index in [0.29, 0.717) is 12.6 Å². The third-order valence-electron chi connectivity index (χ3n) is 2.83. The summed E-state index contributed by atoms with van der Waals surface area (Å²) in [5.74, 6) is 0.880. The van der Waals surface area contributed by atoms with Crippen LogP contribution in [-0.4, -0.2) is 19.7 Å². The normalized spacial score (nSPS) is 12.4. The fourth-order valence-corrected chi connectivity index (χ4v) is 1.81. The van der Waals surface area contributed by atoms with E-state index in [2.05, 4.69) is 12.2 Å². The number of halogens is 1. The number of hydrogen-bond donors (Lipinski definition) is 1. The maximum Gasteiger partial charge on any atom is 0.119 e. The molecule has 0 aliphatic heterocycles. The highest BCUT2D eigenvalue weighted by Gasteiger charge is 2.06. The van der Waals surface area contributed by atoms with E-state index in [-0.39, 0.29) is 0 Å². The van der Waals surface area contributed by atoms with Crippen LogP contribution in [-0.2, 0) is 0 Å². The van der Waals surface area contributed by atoms with Crippen molar-refractivity contribution in [2.24, 2.45) is 0 Å². The highest BCUT2D eigenvalue weighted by atomic mass is 35.5. The number of unbranched alkanes of at least 4 members (excludes halogenated alkanes) is 2. The number of nitrogens with one attached hydrogen (secondary N) is 1. The number of rotatable bonds is 8. The average molecular weight is 256 g/mol. The molecule has 1 aromatic carbocycles. The summed E-state index contributed by atoms with van der Waals surface area (Å²) in [7, 11) is 1.99. The summed E-state index contributed by atoms with van der Waals surface area (Å²) in [6.45, 7) is 2.93. The van der Waals surface area contributed by atoms with Gasteiger partial charge < -0.3 is 10.1 Å². The Morgan fingerprint density at radius 2 is 1.94 bits per heavy atom. The molecular weight excluding hydrogens is 234 g/mol. The Hall–Kier alpha value is -0.730. The molecule has 17 heavy (non-hydrogen) atoms. The molecule has 96 valence electrons. The Labute approximate surface area is 109 Å². The molecule has 0 heterocycles. The van der Waals surface area contributed by atoms with Gasteiger partial charge in [0.2, 0.25) is 0 Å². The third kappa shape index (κ3) is 5.94. The third-order valence-corrected chi connectivity index (χ3v) is 3.08. The number of ether oxygens (including phenoxy) is 1. The molecule has 1 unspecified atom stereocenters. The Kier molecular flexibility index (Phi) is 7.06. The zero-order valence-electron chi connectivity index (χ0n) is 10.7. The van der Waals surface area contributed by atoms with E-state index in [1.54, 1.807) is 0 Å². The largest absolute Gasteiger partial charge is 0.492 e. The van der Waals surface area contributed by atoms with E-state index in [9.17, 15) is 0 Å². The molecule has 0 fully saturated rings. The Balaban J connectivity index is 2.29. The predicted octanol–water partition coefficient (Wildman–Crippen LogP) is 3.89. The molecule has 0 aromatic heterocycles. The van der Waals surface area contributed by atoms with Crippen molar-refractivity contribution in [2.45, 2.75) is 38.6 Å². The second kappa shape index (κ2) is 8.37. The van der Waals surface area contributed by atoms with Crippen LogP contribution in [0.1, 0.15) is 32.6 Å². The van der Waals surface area contributed by atoms with Crippen LogP contribution in [0.4, 0.5) is 0 Å². The van der Waals surface area contributed by atoms with Crippen LogP contribution >= 0.6 is 11.6 Å². The molecule has 1 rings (SSSR count). The van der Waals surface area contributed by atoms with Crippen LogP contribution in [0.2, 0.25) is 5.02 Å². The number of likely N-dealkylation sites (N-methyl/N-ethyl adjacent to an activating group) is 1. The summed E-state index contributed by atoms with van der Waals surface area (Å²) in [6.07, 6.45) is 4.97. The number of hydrogen-bond acceptors (Lipinski definition) is 2. The zero-order chi connectivity index (χ0) is 12.5. The van der Waals surface area contributed by atoms with E-state index in [1.807, 2.05) is 31.3 Å². The molecule has 1 atom stereocenters. The second-order valence-corrected chi connectivity index (χ2v) is 4.68. The average Bonchev–Trinajstić information content (AvgIpc) is 2.35. The fourth-order valence-electron chi connectivity index (χ4n) is 1.68. The van der Waals surface area contributed by atoms with Crippen molar-refractivity contribution in [3.8, 4) is 5.75 Å². The van der Waals surface area contributed by atoms with E-state index in [1.165, 1.54) is 19.3 Å². The van der Waals surface area contributed by atoms with Gasteiger partial charge in [-0.2, -0.15) is 0 Å². The minimum atomic E-state index is 0.428. The first kappa shape index (κ1) is 14.3. The second-order valence-electron chi connectivity index (χ2n) is 4.25. The molecule has 3 heteroatoms. The molecule has 0 aliphatic carbocycles. The maximum atomic E-state index is 5.82. The molecule has 0 saturated carbocycles. The van der Waals surface area contributed by atoms with Gasteiger partial charge in [-0.05, 0) is 37.7 Å². The summed E-state index contributed by atoms with van der Waals surface area (Å²) in [5, 5.41) is 4.03. The topological polar surface area (TPSA) is 21.3 Å². The molecule has 0 radical (unpaired) electrons. The van der Waals surface area contributed by atoms with E-state index >= 15 is 0 Å². The Morgan fingerprint density at radius 1 is 1.24 bits per heavy atom. The van der Waals surface area contributed by atoms with Gasteiger partial charge in [0.05, 0.1) is 0 Å². The highest BCUT2D eigenvalue weighted by Crippen LogP contribution is 2.16. The van der Waals surface area contributed by atoms with Gasteiger partial charge in [0.25, 0.3) is 0 Å². The van der Waals surface area contributed by atoms with E-state index in [4.69, 9.17) is 16.3 Å². The summed E-state index contributed by atoms with van der Waals surface area (Å²) < 4.78 is 5.72. The van der Waals surface area contributed by atoms with Gasteiger partial charge in [-0.25, -0.2) is 0 Å². The van der Waals surface area contributed by atoms with Crippen molar-refractivity contribution in [3.05, 3.63) is 29.3 Å². The van der Waals surface area contributed by atoms with Gasteiger partial charge in [-0.1, -0.05) is 37.8 Å². The SMILES string of the molecule is CCCCCC(COc1ccc(Cl)cc1)NC. The molecule has 0 amide bonds. The van der Waals surface area contributed by atoms with Crippen molar-refractivity contribution < 1.29 is 4.74 Å². The van der Waals surface area contributed by atoms with Crippen molar-refractivity contribution in [1.29, 1.82) is 0 Å². The van der Waals surface area contributed by atoms with Crippen LogP contribution in [0.15, 0.2) is 24.3 Å². The van der Waals surface area contributed by atoms with Gasteiger partial charge in [-0.15, -0.1) is 0 Å². The zero-order valence-corrected chi connectivity index (χ0v) is 11.5. The lowest BCUT2D eigenvalue weighted by molar-refractivity contribution is 0.260. The molecule has 0 saturated heterocycles. The first-order valence-corrected chi connectivity index (χ1v) is 6.69. The lowest BCUT2D eigenvalue weighted by atomic mass is 10.1. The van der Waals surface area contributed by atoms with Crippen molar-refractivity contribution in [1.82, 2.24) is 5.32 Å². The maximum absolute atomic E-state index is 5.82. The summed E-state index contributed by atoms with van der Waals surface area (Å²) in [5.41, 5.74) is 0. The van der Waals surface area contributed by atoms with Gasteiger partial charge >= 0.3 is 0 Å². The van der Waals surface area contributed by atoms with Crippen LogP contribution in [0.5, 0.6) is 5.75 Å². The highest BCUT2D eigenvalue weighted by molar-refractivity contribution is 6.30. The van der Waals surface area contributed by atoms with Crippen LogP contribution in [0.25, 0.3) is 0 Å². The van der Waals surface area contributed by atoms with Crippen LogP contribution in [0.3, 0.4) is 0 Å². The lowest BCUT2D eigenvalue weighted by Crippen LogP contribution is -2.31. The Morgan fingerprint density at radius 3 is 2.53 bits per heavy atom. The van der Waals surface area contributed by atoms with Crippen LogP contribution < -0.4 is 10.1 Å². The molecule has 0 bridgehead atoms. The number of benzene rings is 1. The molecular formula is C14H22ClNO. The van der Waals surface area contributed by atoms with Crippen molar-refractivity contribution in [3.63, 3.8) is 0 Å². The van der Waals surface area contributed by atoms with E-state index < -0.39 is 0 Å². The smallest absolute Gasteiger partial charge is 0.119 e. The van der Waals surface area contributed by atoms with E-state index in [0.717, 1.165) is 17.2 Å². The lowest BCUT2D eigenvalue weighted by Gasteiger charge is -2.16. The summed E-state index contributed by atoms with van der Waals surface area (Å²) in [6, 6.07) is 7.93. The van der Waals surface area contributed by atoms with Gasteiger partial charge in [-0.3, -0.25) is 0 Å². The molecule has 1 aromatic rings. The molecule has 2 nitrogen and oxygen atoms in total. The quantitative estimate of drug-likeness (QED) is 0.712. The molecule has 1 N–H and O–H groups in total. The van der Waals surface area contributed by atoms with Crippen LogP contribution in [0, 0.1) is 0 Å². The summed E-state index contributed by atoms with van der Waals surface area (Å²) in [4.78, 5) is 0. The predicted molar refractivity (Wildman–Crippen MR) is 73.9 cm³/mol. The van der Waals surface area contributed by atoms with Crippen molar-refractivity contribution in [2.75, 3.05) is 13.7 Å². The van der Waals surface area contributed by atoms with Gasteiger partial charge in [0.1, 0.15) is 12.4 Å². The molecule has 0 aliphatic rings. The minimum Gasteiger partial charge on any atom is -0.492 e. The first-order valence-electron chi connectivity index (χ1n) is 6.32.